The molecule has 5 heteroatoms. The predicted octanol–water partition coefficient (Wildman–Crippen LogP) is 1.41. The summed E-state index contributed by atoms with van der Waals surface area (Å²) in [5.41, 5.74) is -0.802. The summed E-state index contributed by atoms with van der Waals surface area (Å²) in [6.45, 7) is 9.09. The number of amides is 2. The number of carbonyl (C=O) groups is 2. The maximum Gasteiger partial charge on any atom is 0.320 e. The van der Waals surface area contributed by atoms with Gasteiger partial charge in [0.05, 0.1) is 5.41 Å². The van der Waals surface area contributed by atoms with E-state index in [-0.39, 0.29) is 12.6 Å². The lowest BCUT2D eigenvalue weighted by Crippen LogP contribution is -2.43. The molecule has 1 atom stereocenters. The van der Waals surface area contributed by atoms with Crippen LogP contribution in [0.1, 0.15) is 20.3 Å². The van der Waals surface area contributed by atoms with Gasteiger partial charge in [0.2, 0.25) is 0 Å². The third-order valence-electron chi connectivity index (χ3n) is 3.26. The Labute approximate surface area is 102 Å². The molecule has 0 saturated carbocycles. The molecule has 5 nitrogen and oxygen atoms in total. The Bertz CT molecular complexity index is 330. The number of likely N-dealkylation sites (N-methyl/N-ethyl adjacent to an activating group) is 1. The Kier molecular flexibility index (Phi) is 4.15. The van der Waals surface area contributed by atoms with E-state index in [1.54, 1.807) is 22.8 Å². The van der Waals surface area contributed by atoms with E-state index >= 15 is 0 Å². The molecule has 0 aromatic heterocycles. The van der Waals surface area contributed by atoms with Crippen molar-refractivity contribution in [3.63, 3.8) is 0 Å². The number of carbonyl (C=O) groups excluding carboxylic acids is 1. The number of aliphatic carboxylic acids is 1. The maximum atomic E-state index is 12.1. The first-order valence-corrected chi connectivity index (χ1v) is 5.82. The van der Waals surface area contributed by atoms with Gasteiger partial charge in [-0.15, -0.1) is 6.58 Å². The summed E-state index contributed by atoms with van der Waals surface area (Å²) in [7, 11) is 0. The molecular formula is C12H20N2O3. The molecule has 96 valence electrons. The first-order valence-electron chi connectivity index (χ1n) is 5.82. The zero-order chi connectivity index (χ0) is 13.1. The lowest BCUT2D eigenvalue weighted by molar-refractivity contribution is -0.147. The number of hydrogen-bond acceptors (Lipinski definition) is 2. The van der Waals surface area contributed by atoms with E-state index in [1.807, 2.05) is 6.92 Å². The third-order valence-corrected chi connectivity index (χ3v) is 3.26. The van der Waals surface area contributed by atoms with Gasteiger partial charge in [-0.05, 0) is 20.3 Å². The molecule has 17 heavy (non-hydrogen) atoms. The van der Waals surface area contributed by atoms with Gasteiger partial charge >= 0.3 is 12.0 Å². The Balaban J connectivity index is 2.67. The fraction of sp³-hybridized carbons (Fsp3) is 0.667. The van der Waals surface area contributed by atoms with Gasteiger partial charge in [-0.1, -0.05) is 6.08 Å². The van der Waals surface area contributed by atoms with Gasteiger partial charge in [-0.3, -0.25) is 4.79 Å². The van der Waals surface area contributed by atoms with E-state index in [9.17, 15) is 9.59 Å². The molecule has 0 radical (unpaired) electrons. The summed E-state index contributed by atoms with van der Waals surface area (Å²) in [6.07, 6.45) is 2.19. The molecule has 1 unspecified atom stereocenters. The Hall–Kier alpha value is -1.52. The third kappa shape index (κ3) is 2.78. The quantitative estimate of drug-likeness (QED) is 0.756. The van der Waals surface area contributed by atoms with Crippen LogP contribution in [0, 0.1) is 5.41 Å². The minimum atomic E-state index is -0.834. The Morgan fingerprint density at radius 3 is 2.65 bits per heavy atom. The molecular weight excluding hydrogens is 220 g/mol. The van der Waals surface area contributed by atoms with Gasteiger partial charge in [0, 0.05) is 26.2 Å². The number of urea groups is 1. The summed E-state index contributed by atoms with van der Waals surface area (Å²) in [5, 5.41) is 9.10. The molecule has 0 aromatic rings. The second-order valence-corrected chi connectivity index (χ2v) is 4.65. The van der Waals surface area contributed by atoms with Crippen LogP contribution in [-0.2, 0) is 4.79 Å². The molecule has 1 heterocycles. The second kappa shape index (κ2) is 5.21. The van der Waals surface area contributed by atoms with Crippen molar-refractivity contribution in [1.29, 1.82) is 0 Å². The lowest BCUT2D eigenvalue weighted by atomic mass is 9.90. The van der Waals surface area contributed by atoms with Crippen LogP contribution in [0.25, 0.3) is 0 Å². The first kappa shape index (κ1) is 13.5. The second-order valence-electron chi connectivity index (χ2n) is 4.65. The van der Waals surface area contributed by atoms with Crippen molar-refractivity contribution >= 4 is 12.0 Å². The molecule has 1 rings (SSSR count). The molecule has 2 amide bonds. The van der Waals surface area contributed by atoms with Gasteiger partial charge < -0.3 is 14.9 Å². The van der Waals surface area contributed by atoms with Crippen molar-refractivity contribution in [1.82, 2.24) is 9.80 Å². The number of hydrogen-bond donors (Lipinski definition) is 1. The van der Waals surface area contributed by atoms with Crippen molar-refractivity contribution in [2.75, 3.05) is 26.2 Å². The minimum Gasteiger partial charge on any atom is -0.481 e. The number of carboxylic acids is 1. The van der Waals surface area contributed by atoms with Gasteiger partial charge in [0.25, 0.3) is 0 Å². The van der Waals surface area contributed by atoms with Crippen LogP contribution >= 0.6 is 0 Å². The summed E-state index contributed by atoms with van der Waals surface area (Å²) in [4.78, 5) is 26.4. The van der Waals surface area contributed by atoms with E-state index in [4.69, 9.17) is 5.11 Å². The largest absolute Gasteiger partial charge is 0.481 e. The van der Waals surface area contributed by atoms with Crippen LogP contribution in [0.15, 0.2) is 12.7 Å². The van der Waals surface area contributed by atoms with E-state index in [0.29, 0.717) is 26.1 Å². The normalized spacial score (nSPS) is 23.5. The van der Waals surface area contributed by atoms with Gasteiger partial charge in [-0.2, -0.15) is 0 Å². The van der Waals surface area contributed by atoms with Crippen LogP contribution in [0.3, 0.4) is 0 Å². The molecule has 1 N–H and O–H groups in total. The van der Waals surface area contributed by atoms with Crippen molar-refractivity contribution < 1.29 is 14.7 Å². The van der Waals surface area contributed by atoms with Crippen molar-refractivity contribution in [2.45, 2.75) is 20.3 Å². The number of rotatable bonds is 4. The smallest absolute Gasteiger partial charge is 0.320 e. The molecule has 1 aliphatic heterocycles. The number of carboxylic acid groups (broad SMARTS) is 1. The highest BCUT2D eigenvalue weighted by molar-refractivity contribution is 5.79. The van der Waals surface area contributed by atoms with E-state index in [1.165, 1.54) is 0 Å². The van der Waals surface area contributed by atoms with Crippen molar-refractivity contribution in [2.24, 2.45) is 5.41 Å². The molecule has 1 aliphatic rings. The lowest BCUT2D eigenvalue weighted by Gasteiger charge is -2.27. The highest BCUT2D eigenvalue weighted by Gasteiger charge is 2.42. The molecule has 0 bridgehead atoms. The van der Waals surface area contributed by atoms with Crippen LogP contribution in [-0.4, -0.2) is 53.1 Å². The standard InChI is InChI=1S/C12H20N2O3/c1-4-7-13(5-2)11(17)14-8-6-12(3,9-14)10(15)16/h4H,1,5-9H2,2-3H3,(H,15,16). The zero-order valence-electron chi connectivity index (χ0n) is 10.5. The molecule has 1 fully saturated rings. The summed E-state index contributed by atoms with van der Waals surface area (Å²) in [5.74, 6) is -0.834. The summed E-state index contributed by atoms with van der Waals surface area (Å²) >= 11 is 0. The minimum absolute atomic E-state index is 0.0997. The number of likely N-dealkylation sites (tertiary alicyclic amines) is 1. The van der Waals surface area contributed by atoms with Gasteiger partial charge in [-0.25, -0.2) is 4.79 Å². The van der Waals surface area contributed by atoms with Crippen LogP contribution in [0.2, 0.25) is 0 Å². The molecule has 1 saturated heterocycles. The van der Waals surface area contributed by atoms with E-state index in [2.05, 4.69) is 6.58 Å². The SMILES string of the molecule is C=CCN(CC)C(=O)N1CCC(C)(C(=O)O)C1. The van der Waals surface area contributed by atoms with Crippen molar-refractivity contribution in [3.05, 3.63) is 12.7 Å². The Morgan fingerprint density at radius 1 is 1.59 bits per heavy atom. The Morgan fingerprint density at radius 2 is 2.24 bits per heavy atom. The molecule has 0 aliphatic carbocycles. The highest BCUT2D eigenvalue weighted by atomic mass is 16.4. The highest BCUT2D eigenvalue weighted by Crippen LogP contribution is 2.30. The summed E-state index contributed by atoms with van der Waals surface area (Å²) in [6, 6.07) is -0.0997. The fourth-order valence-electron chi connectivity index (χ4n) is 2.00. The zero-order valence-corrected chi connectivity index (χ0v) is 10.5. The average Bonchev–Trinajstić information content (AvgIpc) is 2.69. The summed E-state index contributed by atoms with van der Waals surface area (Å²) < 4.78 is 0. The van der Waals surface area contributed by atoms with E-state index in [0.717, 1.165) is 0 Å². The molecule has 0 aromatic carbocycles. The fourth-order valence-corrected chi connectivity index (χ4v) is 2.00. The topological polar surface area (TPSA) is 60.9 Å². The van der Waals surface area contributed by atoms with Crippen molar-refractivity contribution in [3.8, 4) is 0 Å². The number of nitrogens with zero attached hydrogens (tertiary/aromatic N) is 2. The first-order chi connectivity index (χ1) is 7.94. The van der Waals surface area contributed by atoms with Gasteiger partial charge in [0.1, 0.15) is 0 Å². The van der Waals surface area contributed by atoms with Crippen LogP contribution in [0.4, 0.5) is 4.79 Å². The van der Waals surface area contributed by atoms with Crippen LogP contribution in [0.5, 0.6) is 0 Å². The van der Waals surface area contributed by atoms with Gasteiger partial charge in [0.15, 0.2) is 0 Å². The predicted molar refractivity (Wildman–Crippen MR) is 64.8 cm³/mol. The average molecular weight is 240 g/mol. The van der Waals surface area contributed by atoms with E-state index < -0.39 is 11.4 Å². The maximum absolute atomic E-state index is 12.1. The van der Waals surface area contributed by atoms with Crippen LogP contribution < -0.4 is 0 Å². The molecule has 0 spiro atoms. The monoisotopic (exact) mass is 240 g/mol.